The van der Waals surface area contributed by atoms with Crippen LogP contribution >= 0.6 is 0 Å². The molecule has 0 aliphatic carbocycles. The maximum absolute atomic E-state index is 12.8. The highest BCUT2D eigenvalue weighted by molar-refractivity contribution is 5.87. The van der Waals surface area contributed by atoms with Gasteiger partial charge in [0.1, 0.15) is 17.3 Å². The summed E-state index contributed by atoms with van der Waals surface area (Å²) in [5.41, 5.74) is 1.62. The van der Waals surface area contributed by atoms with Crippen molar-refractivity contribution in [2.75, 3.05) is 0 Å². The van der Waals surface area contributed by atoms with Crippen LogP contribution in [0.25, 0.3) is 10.9 Å². The first-order valence-corrected chi connectivity index (χ1v) is 5.91. The summed E-state index contributed by atoms with van der Waals surface area (Å²) in [6, 6.07) is 13.3. The lowest BCUT2D eigenvalue weighted by molar-refractivity contribution is 0.278. The molecule has 0 aliphatic rings. The maximum atomic E-state index is 12.8. The van der Waals surface area contributed by atoms with Crippen LogP contribution in [0, 0.1) is 5.82 Å². The summed E-state index contributed by atoms with van der Waals surface area (Å²) in [5.74, 6) is 0.940. The third-order valence-electron chi connectivity index (χ3n) is 2.89. The highest BCUT2D eigenvalue weighted by Gasteiger charge is 2.07. The van der Waals surface area contributed by atoms with Crippen molar-refractivity contribution < 1.29 is 14.2 Å². The molecule has 1 aromatic heterocycles. The molecule has 3 aromatic rings. The number of rotatable bonds is 3. The Hall–Kier alpha value is -2.33. The number of hydrogen-bond acceptors (Lipinski definition) is 2. The van der Waals surface area contributed by atoms with Gasteiger partial charge < -0.3 is 14.8 Å². The Balaban J connectivity index is 2.00. The monoisotopic (exact) mass is 257 g/mol. The predicted molar refractivity (Wildman–Crippen MR) is 70.7 cm³/mol. The van der Waals surface area contributed by atoms with Crippen LogP contribution in [0.2, 0.25) is 0 Å². The molecule has 0 atom stereocenters. The number of aromatic nitrogens is 1. The fraction of sp³-hybridized carbons (Fsp3) is 0.0667. The topological polar surface area (TPSA) is 45.2 Å². The molecular formula is C15H12FNO2. The Labute approximate surface area is 109 Å². The second-order valence-corrected chi connectivity index (χ2v) is 4.23. The number of ether oxygens (including phenoxy) is 1. The largest absolute Gasteiger partial charge is 0.457 e. The molecule has 0 radical (unpaired) electrons. The standard InChI is InChI=1S/C15H12FNO2/c16-10-4-6-12(7-5-10)19-15-3-1-2-14-13(15)8-11(9-18)17-14/h1-8,17-18H,9H2. The van der Waals surface area contributed by atoms with Crippen LogP contribution in [0.1, 0.15) is 5.69 Å². The van der Waals surface area contributed by atoms with Gasteiger partial charge >= 0.3 is 0 Å². The van der Waals surface area contributed by atoms with E-state index in [2.05, 4.69) is 4.98 Å². The van der Waals surface area contributed by atoms with Gasteiger partial charge in [0.25, 0.3) is 0 Å². The van der Waals surface area contributed by atoms with E-state index in [4.69, 9.17) is 9.84 Å². The SMILES string of the molecule is OCc1cc2c(Oc3ccc(F)cc3)cccc2[nH]1. The van der Waals surface area contributed by atoms with E-state index in [1.165, 1.54) is 12.1 Å². The average Bonchev–Trinajstić information content (AvgIpc) is 2.85. The highest BCUT2D eigenvalue weighted by Crippen LogP contribution is 2.30. The fourth-order valence-corrected chi connectivity index (χ4v) is 1.99. The Bertz CT molecular complexity index is 704. The number of H-pyrrole nitrogens is 1. The molecule has 2 aromatic carbocycles. The van der Waals surface area contributed by atoms with E-state index in [-0.39, 0.29) is 12.4 Å². The lowest BCUT2D eigenvalue weighted by atomic mass is 10.2. The first-order chi connectivity index (χ1) is 9.26. The summed E-state index contributed by atoms with van der Waals surface area (Å²) in [4.78, 5) is 3.09. The number of fused-ring (bicyclic) bond motifs is 1. The van der Waals surface area contributed by atoms with E-state index in [0.717, 1.165) is 16.6 Å². The number of benzene rings is 2. The van der Waals surface area contributed by atoms with E-state index in [1.807, 2.05) is 24.3 Å². The van der Waals surface area contributed by atoms with Crippen LogP contribution in [0.5, 0.6) is 11.5 Å². The second-order valence-electron chi connectivity index (χ2n) is 4.23. The minimum absolute atomic E-state index is 0.0509. The molecule has 0 amide bonds. The maximum Gasteiger partial charge on any atom is 0.136 e. The van der Waals surface area contributed by atoms with Crippen molar-refractivity contribution >= 4 is 10.9 Å². The predicted octanol–water partition coefficient (Wildman–Crippen LogP) is 3.59. The number of aliphatic hydroxyl groups excluding tert-OH is 1. The van der Waals surface area contributed by atoms with Crippen molar-refractivity contribution in [3.05, 3.63) is 60.0 Å². The quantitative estimate of drug-likeness (QED) is 0.753. The first kappa shape index (κ1) is 11.7. The molecule has 3 rings (SSSR count). The zero-order valence-electron chi connectivity index (χ0n) is 10.1. The number of hydrogen-bond donors (Lipinski definition) is 2. The molecule has 0 bridgehead atoms. The minimum Gasteiger partial charge on any atom is -0.457 e. The Kier molecular flexibility index (Phi) is 2.93. The Morgan fingerprint density at radius 2 is 1.89 bits per heavy atom. The Morgan fingerprint density at radius 3 is 2.63 bits per heavy atom. The second kappa shape index (κ2) is 4.74. The van der Waals surface area contributed by atoms with E-state index in [1.54, 1.807) is 12.1 Å². The molecule has 0 saturated carbocycles. The van der Waals surface area contributed by atoms with Gasteiger partial charge in [-0.2, -0.15) is 0 Å². The van der Waals surface area contributed by atoms with Crippen LogP contribution in [-0.2, 0) is 6.61 Å². The van der Waals surface area contributed by atoms with Crippen molar-refractivity contribution in [2.24, 2.45) is 0 Å². The summed E-state index contributed by atoms with van der Waals surface area (Å²) < 4.78 is 18.6. The van der Waals surface area contributed by atoms with E-state index in [0.29, 0.717) is 11.5 Å². The molecule has 0 unspecified atom stereocenters. The molecule has 96 valence electrons. The fourth-order valence-electron chi connectivity index (χ4n) is 1.99. The van der Waals surface area contributed by atoms with Crippen LogP contribution < -0.4 is 4.74 Å². The zero-order valence-corrected chi connectivity index (χ0v) is 10.1. The van der Waals surface area contributed by atoms with Crippen molar-refractivity contribution in [1.82, 2.24) is 4.98 Å². The van der Waals surface area contributed by atoms with Gasteiger partial charge in [0.15, 0.2) is 0 Å². The van der Waals surface area contributed by atoms with Crippen molar-refractivity contribution in [3.8, 4) is 11.5 Å². The van der Waals surface area contributed by atoms with Gasteiger partial charge in [-0.05, 0) is 42.5 Å². The Morgan fingerprint density at radius 1 is 1.11 bits per heavy atom. The summed E-state index contributed by atoms with van der Waals surface area (Å²) in [5, 5.41) is 10.0. The first-order valence-electron chi connectivity index (χ1n) is 5.91. The number of halogens is 1. The minimum atomic E-state index is -0.297. The van der Waals surface area contributed by atoms with E-state index < -0.39 is 0 Å². The van der Waals surface area contributed by atoms with Crippen molar-refractivity contribution in [2.45, 2.75) is 6.61 Å². The third kappa shape index (κ3) is 2.30. The van der Waals surface area contributed by atoms with Gasteiger partial charge in [0.2, 0.25) is 0 Å². The summed E-state index contributed by atoms with van der Waals surface area (Å²) in [6.07, 6.45) is 0. The smallest absolute Gasteiger partial charge is 0.136 e. The van der Waals surface area contributed by atoms with Crippen LogP contribution in [-0.4, -0.2) is 10.1 Å². The highest BCUT2D eigenvalue weighted by atomic mass is 19.1. The van der Waals surface area contributed by atoms with Crippen LogP contribution in [0.15, 0.2) is 48.5 Å². The molecule has 0 saturated heterocycles. The molecule has 4 heteroatoms. The molecule has 0 aliphatic heterocycles. The normalized spacial score (nSPS) is 10.8. The lowest BCUT2D eigenvalue weighted by Crippen LogP contribution is -1.85. The summed E-state index contributed by atoms with van der Waals surface area (Å²) >= 11 is 0. The van der Waals surface area contributed by atoms with Gasteiger partial charge in [-0.1, -0.05) is 6.07 Å². The van der Waals surface area contributed by atoms with E-state index in [9.17, 15) is 4.39 Å². The molecule has 1 heterocycles. The van der Waals surface area contributed by atoms with Gasteiger partial charge in [0.05, 0.1) is 6.61 Å². The molecule has 3 nitrogen and oxygen atoms in total. The molecule has 19 heavy (non-hydrogen) atoms. The van der Waals surface area contributed by atoms with Gasteiger partial charge in [-0.3, -0.25) is 0 Å². The summed E-state index contributed by atoms with van der Waals surface area (Å²) in [6.45, 7) is -0.0509. The average molecular weight is 257 g/mol. The zero-order chi connectivity index (χ0) is 13.2. The lowest BCUT2D eigenvalue weighted by Gasteiger charge is -2.06. The number of nitrogens with one attached hydrogen (secondary N) is 1. The number of aromatic amines is 1. The summed E-state index contributed by atoms with van der Waals surface area (Å²) in [7, 11) is 0. The molecular weight excluding hydrogens is 245 g/mol. The number of aliphatic hydroxyl groups is 1. The third-order valence-corrected chi connectivity index (χ3v) is 2.89. The van der Waals surface area contributed by atoms with Crippen molar-refractivity contribution in [1.29, 1.82) is 0 Å². The van der Waals surface area contributed by atoms with E-state index >= 15 is 0 Å². The van der Waals surface area contributed by atoms with Crippen LogP contribution in [0.3, 0.4) is 0 Å². The molecule has 0 spiro atoms. The van der Waals surface area contributed by atoms with Crippen LogP contribution in [0.4, 0.5) is 4.39 Å². The van der Waals surface area contributed by atoms with Gasteiger partial charge in [0, 0.05) is 16.6 Å². The molecule has 2 N–H and O–H groups in total. The molecule has 0 fully saturated rings. The van der Waals surface area contributed by atoms with Gasteiger partial charge in [-0.15, -0.1) is 0 Å². The van der Waals surface area contributed by atoms with Gasteiger partial charge in [-0.25, -0.2) is 4.39 Å². The van der Waals surface area contributed by atoms with Crippen molar-refractivity contribution in [3.63, 3.8) is 0 Å².